The topological polar surface area (TPSA) is 40.5 Å². The fraction of sp³-hybridized carbons (Fsp3) is 0.200. The number of phenolic OH excluding ortho intramolecular Hbond substituents is 2. The van der Waals surface area contributed by atoms with Crippen LogP contribution in [-0.2, 0) is 0 Å². The Balaban J connectivity index is 2.58. The van der Waals surface area contributed by atoms with E-state index in [2.05, 4.69) is 20.4 Å². The summed E-state index contributed by atoms with van der Waals surface area (Å²) in [6.07, 6.45) is 0. The highest BCUT2D eigenvalue weighted by Crippen LogP contribution is 2.32. The van der Waals surface area contributed by atoms with Crippen molar-refractivity contribution in [2.24, 2.45) is 5.92 Å². The van der Waals surface area contributed by atoms with Gasteiger partial charge >= 0.3 is 0 Å². The molecule has 2 nitrogen and oxygen atoms in total. The van der Waals surface area contributed by atoms with Gasteiger partial charge in [-0.25, -0.2) is 0 Å². The van der Waals surface area contributed by atoms with Crippen molar-refractivity contribution in [3.8, 4) is 11.5 Å². The highest BCUT2D eigenvalue weighted by atomic mass is 16.3. The minimum Gasteiger partial charge on any atom is -0.504 e. The van der Waals surface area contributed by atoms with Gasteiger partial charge in [0.15, 0.2) is 11.5 Å². The van der Waals surface area contributed by atoms with E-state index in [1.165, 1.54) is 0 Å². The van der Waals surface area contributed by atoms with Crippen molar-refractivity contribution < 1.29 is 10.2 Å². The molecule has 0 bridgehead atoms. The van der Waals surface area contributed by atoms with Crippen LogP contribution in [0.2, 0.25) is 0 Å². The van der Waals surface area contributed by atoms with Crippen LogP contribution in [0.3, 0.4) is 0 Å². The predicted molar refractivity (Wildman–Crippen MR) is 71.1 cm³/mol. The van der Waals surface area contributed by atoms with Gasteiger partial charge in [0.1, 0.15) is 0 Å². The summed E-state index contributed by atoms with van der Waals surface area (Å²) in [4.78, 5) is 0. The van der Waals surface area contributed by atoms with Crippen molar-refractivity contribution in [3.05, 3.63) is 42.5 Å². The maximum absolute atomic E-state index is 9.48. The normalized spacial score (nSPS) is 11.0. The predicted octanol–water partition coefficient (Wildman–Crippen LogP) is 3.92. The molecule has 0 spiro atoms. The van der Waals surface area contributed by atoms with E-state index in [1.54, 1.807) is 12.1 Å². The van der Waals surface area contributed by atoms with Gasteiger partial charge < -0.3 is 10.2 Å². The molecule has 0 aromatic heterocycles. The van der Waals surface area contributed by atoms with E-state index in [4.69, 9.17) is 0 Å². The van der Waals surface area contributed by atoms with E-state index < -0.39 is 0 Å². The van der Waals surface area contributed by atoms with Crippen LogP contribution in [-0.4, -0.2) is 10.2 Å². The summed E-state index contributed by atoms with van der Waals surface area (Å²) in [6.45, 7) is 8.26. The molecule has 0 unspecified atom stereocenters. The van der Waals surface area contributed by atoms with Crippen molar-refractivity contribution in [2.75, 3.05) is 0 Å². The molecular weight excluding hydrogens is 212 g/mol. The lowest BCUT2D eigenvalue weighted by Crippen LogP contribution is -1.91. The molecule has 0 saturated heterocycles. The molecule has 88 valence electrons. The molecule has 0 radical (unpaired) electrons. The molecule has 0 amide bonds. The SMILES string of the molecule is C=C(c1ccc2cc(O)c(O)cc2c1)C(C)C. The molecule has 0 aliphatic carbocycles. The first-order valence-corrected chi connectivity index (χ1v) is 5.64. The summed E-state index contributed by atoms with van der Waals surface area (Å²) in [5.74, 6) is 0.205. The Kier molecular flexibility index (Phi) is 2.80. The molecule has 2 N–H and O–H groups in total. The summed E-state index contributed by atoms with van der Waals surface area (Å²) in [5, 5.41) is 20.7. The molecule has 2 heteroatoms. The number of hydrogen-bond acceptors (Lipinski definition) is 2. The summed E-state index contributed by atoms with van der Waals surface area (Å²) in [7, 11) is 0. The zero-order valence-corrected chi connectivity index (χ0v) is 10.1. The average Bonchev–Trinajstić information content (AvgIpc) is 2.29. The third kappa shape index (κ3) is 2.11. The van der Waals surface area contributed by atoms with Crippen molar-refractivity contribution in [1.29, 1.82) is 0 Å². The van der Waals surface area contributed by atoms with Crippen molar-refractivity contribution >= 4 is 16.3 Å². The standard InChI is InChI=1S/C15H16O2/c1-9(2)10(3)11-4-5-12-7-14(16)15(17)8-13(12)6-11/h4-9,16-17H,3H2,1-2H3. The Labute approximate surface area is 101 Å². The van der Waals surface area contributed by atoms with E-state index in [0.717, 1.165) is 21.9 Å². The molecule has 0 atom stereocenters. The Morgan fingerprint density at radius 1 is 1.00 bits per heavy atom. The first-order chi connectivity index (χ1) is 7.99. The van der Waals surface area contributed by atoms with Gasteiger partial charge in [-0.15, -0.1) is 0 Å². The Bertz CT molecular complexity index is 583. The number of phenols is 2. The second kappa shape index (κ2) is 4.13. The van der Waals surface area contributed by atoms with E-state index in [1.807, 2.05) is 18.2 Å². The van der Waals surface area contributed by atoms with E-state index in [9.17, 15) is 10.2 Å². The van der Waals surface area contributed by atoms with Crippen LogP contribution in [0.25, 0.3) is 16.3 Å². The monoisotopic (exact) mass is 228 g/mol. The molecule has 2 aromatic rings. The molecule has 0 aliphatic heterocycles. The average molecular weight is 228 g/mol. The molecule has 0 fully saturated rings. The minimum atomic E-state index is -0.0928. The van der Waals surface area contributed by atoms with Gasteiger partial charge in [0, 0.05) is 0 Å². The molecule has 0 saturated carbocycles. The third-order valence-corrected chi connectivity index (χ3v) is 3.00. The summed E-state index contributed by atoms with van der Waals surface area (Å²) in [6, 6.07) is 9.03. The number of aromatic hydroxyl groups is 2. The van der Waals surface area contributed by atoms with Gasteiger partial charge in [-0.1, -0.05) is 32.6 Å². The van der Waals surface area contributed by atoms with Crippen LogP contribution < -0.4 is 0 Å². The lowest BCUT2D eigenvalue weighted by atomic mass is 9.95. The fourth-order valence-electron chi connectivity index (χ4n) is 1.81. The quantitative estimate of drug-likeness (QED) is 0.765. The zero-order valence-electron chi connectivity index (χ0n) is 10.1. The van der Waals surface area contributed by atoms with E-state index in [0.29, 0.717) is 5.92 Å². The minimum absolute atomic E-state index is 0.0899. The lowest BCUT2D eigenvalue weighted by molar-refractivity contribution is 0.405. The number of hydrogen-bond donors (Lipinski definition) is 2. The molecule has 2 rings (SSSR count). The molecule has 0 heterocycles. The summed E-state index contributed by atoms with van der Waals surface area (Å²) < 4.78 is 0. The van der Waals surface area contributed by atoms with Crippen LogP contribution in [0.4, 0.5) is 0 Å². The number of allylic oxidation sites excluding steroid dienone is 1. The van der Waals surface area contributed by atoms with Gasteiger partial charge in [0.25, 0.3) is 0 Å². The number of fused-ring (bicyclic) bond motifs is 1. The molecule has 0 aliphatic rings. The van der Waals surface area contributed by atoms with Gasteiger partial charge in [0.05, 0.1) is 0 Å². The van der Waals surface area contributed by atoms with Crippen molar-refractivity contribution in [3.63, 3.8) is 0 Å². The second-order valence-electron chi connectivity index (χ2n) is 4.58. The van der Waals surface area contributed by atoms with Crippen molar-refractivity contribution in [2.45, 2.75) is 13.8 Å². The van der Waals surface area contributed by atoms with Crippen LogP contribution in [0.1, 0.15) is 19.4 Å². The van der Waals surface area contributed by atoms with E-state index >= 15 is 0 Å². The molecule has 17 heavy (non-hydrogen) atoms. The highest BCUT2D eigenvalue weighted by molar-refractivity contribution is 5.88. The number of rotatable bonds is 2. The fourth-order valence-corrected chi connectivity index (χ4v) is 1.81. The van der Waals surface area contributed by atoms with Gasteiger partial charge in [0.2, 0.25) is 0 Å². The lowest BCUT2D eigenvalue weighted by Gasteiger charge is -2.11. The largest absolute Gasteiger partial charge is 0.504 e. The van der Waals surface area contributed by atoms with Crippen LogP contribution >= 0.6 is 0 Å². The van der Waals surface area contributed by atoms with Crippen LogP contribution in [0, 0.1) is 5.92 Å². The van der Waals surface area contributed by atoms with E-state index in [-0.39, 0.29) is 11.5 Å². The highest BCUT2D eigenvalue weighted by Gasteiger charge is 2.06. The Morgan fingerprint density at radius 3 is 2.18 bits per heavy atom. The smallest absolute Gasteiger partial charge is 0.158 e. The summed E-state index contributed by atoms with van der Waals surface area (Å²) >= 11 is 0. The molecule has 2 aromatic carbocycles. The van der Waals surface area contributed by atoms with Gasteiger partial charge in [-0.2, -0.15) is 0 Å². The van der Waals surface area contributed by atoms with Gasteiger partial charge in [-0.3, -0.25) is 0 Å². The van der Waals surface area contributed by atoms with Crippen LogP contribution in [0.5, 0.6) is 11.5 Å². The Morgan fingerprint density at radius 2 is 1.59 bits per heavy atom. The van der Waals surface area contributed by atoms with Crippen molar-refractivity contribution in [1.82, 2.24) is 0 Å². The third-order valence-electron chi connectivity index (χ3n) is 3.00. The number of benzene rings is 2. The second-order valence-corrected chi connectivity index (χ2v) is 4.58. The maximum Gasteiger partial charge on any atom is 0.158 e. The summed E-state index contributed by atoms with van der Waals surface area (Å²) in [5.41, 5.74) is 2.14. The van der Waals surface area contributed by atoms with Crippen LogP contribution in [0.15, 0.2) is 36.9 Å². The first kappa shape index (κ1) is 11.5. The molecular formula is C15H16O2. The zero-order chi connectivity index (χ0) is 12.6. The first-order valence-electron chi connectivity index (χ1n) is 5.64. The van der Waals surface area contributed by atoms with Gasteiger partial charge in [-0.05, 0) is 46.0 Å². The Hall–Kier alpha value is -1.96. The maximum atomic E-state index is 9.48.